The number of allylic oxidation sites excluding steroid dienone is 1. The molecule has 3 N–H and O–H groups in total. The minimum atomic E-state index is -1.63. The summed E-state index contributed by atoms with van der Waals surface area (Å²) in [5.74, 6) is -1.92. The summed E-state index contributed by atoms with van der Waals surface area (Å²) in [5.41, 5.74) is 0.0771. The number of hydrogen-bond donors (Lipinski definition) is 3. The number of aliphatic hydroxyl groups is 2. The standard InChI is InChI=1S/C30H41NO5/c1-20-10-8-14-24(33)16-17-27(34)36-30(19-32)25(15-9-11-20)29(35)22(3)21(2)28(30)26(31-4)18-23-12-6-5-7-13-23/h5-7,9,12-13,15-17,19-21,24-26,28-29,31,33,35H,3,8,10-11,14,18H2,1-2,4H3/b15-9+,17-16+/t20-,21-,24-,25+,26?,28+,29-,30-/m1/s1. The quantitative estimate of drug-likeness (QED) is 0.327. The summed E-state index contributed by atoms with van der Waals surface area (Å²) >= 11 is 0. The van der Waals surface area contributed by atoms with E-state index >= 15 is 0 Å². The SMILES string of the molecule is C=C1[C@@H](C)[C@@H](C(Cc2ccccc2)NC)[C@]2(C=O)OC(=O)/C=C/[C@H](O)CCC[C@@H](C)C/C=C/[C@H]2[C@@H]1O. The summed E-state index contributed by atoms with van der Waals surface area (Å²) in [6.07, 6.45) is 9.01. The summed E-state index contributed by atoms with van der Waals surface area (Å²) in [6.45, 7) is 8.26. The van der Waals surface area contributed by atoms with E-state index in [9.17, 15) is 19.8 Å². The van der Waals surface area contributed by atoms with Gasteiger partial charge in [-0.1, -0.05) is 75.8 Å². The lowest BCUT2D eigenvalue weighted by Crippen LogP contribution is -2.65. The van der Waals surface area contributed by atoms with E-state index in [1.165, 1.54) is 12.2 Å². The molecule has 6 nitrogen and oxygen atoms in total. The van der Waals surface area contributed by atoms with Crippen molar-refractivity contribution >= 4 is 12.3 Å². The number of rotatable bonds is 5. The highest BCUT2D eigenvalue weighted by atomic mass is 16.6. The van der Waals surface area contributed by atoms with Crippen LogP contribution in [0.2, 0.25) is 0 Å². The molecule has 0 saturated heterocycles. The van der Waals surface area contributed by atoms with E-state index in [1.54, 1.807) is 0 Å². The molecule has 196 valence electrons. The molecule has 1 aliphatic heterocycles. The van der Waals surface area contributed by atoms with E-state index in [4.69, 9.17) is 4.74 Å². The van der Waals surface area contributed by atoms with Gasteiger partial charge in [-0.3, -0.25) is 4.79 Å². The number of aliphatic hydroxyl groups excluding tert-OH is 2. The van der Waals surface area contributed by atoms with Crippen molar-refractivity contribution in [1.29, 1.82) is 0 Å². The summed E-state index contributed by atoms with van der Waals surface area (Å²) < 4.78 is 6.04. The Balaban J connectivity index is 2.11. The molecule has 1 unspecified atom stereocenters. The molecule has 6 heteroatoms. The van der Waals surface area contributed by atoms with Crippen LogP contribution in [-0.4, -0.2) is 53.4 Å². The number of fused-ring (bicyclic) bond motifs is 1. The lowest BCUT2D eigenvalue weighted by Gasteiger charge is -2.52. The Hall–Kier alpha value is -2.54. The number of carbonyl (C=O) groups excluding carboxylic acids is 2. The minimum Gasteiger partial charge on any atom is -0.447 e. The number of nitrogens with one attached hydrogen (secondary N) is 1. The van der Waals surface area contributed by atoms with Crippen LogP contribution in [0.5, 0.6) is 0 Å². The topological polar surface area (TPSA) is 95.9 Å². The average Bonchev–Trinajstić information content (AvgIpc) is 2.87. The summed E-state index contributed by atoms with van der Waals surface area (Å²) in [6, 6.07) is 9.69. The lowest BCUT2D eigenvalue weighted by molar-refractivity contribution is -0.184. The van der Waals surface area contributed by atoms with E-state index in [-0.39, 0.29) is 12.0 Å². The molecule has 1 aromatic rings. The molecule has 2 aliphatic rings. The molecule has 1 saturated carbocycles. The van der Waals surface area contributed by atoms with E-state index in [1.807, 2.05) is 56.5 Å². The maximum atomic E-state index is 13.1. The van der Waals surface area contributed by atoms with Crippen LogP contribution in [-0.2, 0) is 20.7 Å². The minimum absolute atomic E-state index is 0.243. The van der Waals surface area contributed by atoms with Crippen LogP contribution in [0.3, 0.4) is 0 Å². The van der Waals surface area contributed by atoms with Crippen molar-refractivity contribution in [2.45, 2.75) is 69.8 Å². The molecule has 1 aromatic carbocycles. The van der Waals surface area contributed by atoms with Crippen molar-refractivity contribution in [1.82, 2.24) is 5.32 Å². The molecule has 0 amide bonds. The zero-order valence-electron chi connectivity index (χ0n) is 21.7. The van der Waals surface area contributed by atoms with Gasteiger partial charge in [0.25, 0.3) is 0 Å². The van der Waals surface area contributed by atoms with Gasteiger partial charge in [0.15, 0.2) is 11.9 Å². The first-order chi connectivity index (χ1) is 17.2. The highest BCUT2D eigenvalue weighted by molar-refractivity contribution is 5.85. The number of ether oxygens (including phenoxy) is 1. The van der Waals surface area contributed by atoms with Gasteiger partial charge in [0, 0.05) is 18.0 Å². The van der Waals surface area contributed by atoms with Crippen molar-refractivity contribution in [2.75, 3.05) is 7.05 Å². The molecule has 1 heterocycles. The first-order valence-corrected chi connectivity index (χ1v) is 13.0. The van der Waals surface area contributed by atoms with Crippen LogP contribution in [0.15, 0.2) is 66.8 Å². The summed E-state index contributed by atoms with van der Waals surface area (Å²) in [7, 11) is 1.83. The largest absolute Gasteiger partial charge is 0.447 e. The van der Waals surface area contributed by atoms with Gasteiger partial charge >= 0.3 is 5.97 Å². The second kappa shape index (κ2) is 12.6. The van der Waals surface area contributed by atoms with Gasteiger partial charge in [0.2, 0.25) is 0 Å². The zero-order chi connectivity index (χ0) is 26.3. The van der Waals surface area contributed by atoms with Crippen LogP contribution in [0.1, 0.15) is 45.1 Å². The highest BCUT2D eigenvalue weighted by Crippen LogP contribution is 2.48. The first kappa shape index (κ1) is 28.0. The van der Waals surface area contributed by atoms with Crippen LogP contribution < -0.4 is 5.32 Å². The van der Waals surface area contributed by atoms with Crippen molar-refractivity contribution < 1.29 is 24.5 Å². The number of benzene rings is 1. The third kappa shape index (κ3) is 6.23. The van der Waals surface area contributed by atoms with Crippen LogP contribution in [0.25, 0.3) is 0 Å². The number of esters is 1. The van der Waals surface area contributed by atoms with E-state index in [2.05, 4.69) is 18.8 Å². The molecule has 1 aliphatic carbocycles. The maximum Gasteiger partial charge on any atom is 0.331 e. The molecular weight excluding hydrogens is 454 g/mol. The van der Waals surface area contributed by atoms with Crippen molar-refractivity contribution in [3.8, 4) is 0 Å². The predicted molar refractivity (Wildman–Crippen MR) is 141 cm³/mol. The Labute approximate surface area is 215 Å². The van der Waals surface area contributed by atoms with Gasteiger partial charge in [-0.2, -0.15) is 0 Å². The second-order valence-electron chi connectivity index (χ2n) is 10.5. The van der Waals surface area contributed by atoms with E-state index < -0.39 is 35.6 Å². The smallest absolute Gasteiger partial charge is 0.331 e. The normalized spacial score (nSPS) is 36.6. The average molecular weight is 496 g/mol. The third-order valence-corrected chi connectivity index (χ3v) is 7.98. The number of likely N-dealkylation sites (N-methyl/N-ethyl adjacent to an activating group) is 1. The lowest BCUT2D eigenvalue weighted by atomic mass is 9.58. The molecule has 8 atom stereocenters. The van der Waals surface area contributed by atoms with Crippen molar-refractivity contribution in [3.05, 3.63) is 72.4 Å². The predicted octanol–water partition coefficient (Wildman–Crippen LogP) is 3.78. The van der Waals surface area contributed by atoms with Gasteiger partial charge in [0.1, 0.15) is 0 Å². The third-order valence-electron chi connectivity index (χ3n) is 7.98. The van der Waals surface area contributed by atoms with Gasteiger partial charge < -0.3 is 20.3 Å². The molecule has 0 aromatic heterocycles. The molecule has 0 radical (unpaired) electrons. The van der Waals surface area contributed by atoms with Crippen LogP contribution >= 0.6 is 0 Å². The van der Waals surface area contributed by atoms with Gasteiger partial charge in [-0.15, -0.1) is 0 Å². The number of hydrogen-bond acceptors (Lipinski definition) is 6. The molecule has 1 fully saturated rings. The number of aldehydes is 1. The molecular formula is C30H41NO5. The highest BCUT2D eigenvalue weighted by Gasteiger charge is 2.59. The Bertz CT molecular complexity index is 957. The molecule has 0 bridgehead atoms. The molecule has 3 rings (SSSR count). The molecule has 0 spiro atoms. The Morgan fingerprint density at radius 1 is 1.19 bits per heavy atom. The van der Waals surface area contributed by atoms with E-state index in [0.29, 0.717) is 30.6 Å². The monoisotopic (exact) mass is 495 g/mol. The van der Waals surface area contributed by atoms with Gasteiger partial charge in [-0.05, 0) is 55.4 Å². The Kier molecular flexibility index (Phi) is 9.83. The maximum absolute atomic E-state index is 13.1. The zero-order valence-corrected chi connectivity index (χ0v) is 21.7. The van der Waals surface area contributed by atoms with E-state index in [0.717, 1.165) is 24.8 Å². The van der Waals surface area contributed by atoms with Crippen LogP contribution in [0, 0.1) is 23.7 Å². The fourth-order valence-electron chi connectivity index (χ4n) is 5.85. The fraction of sp³-hybridized carbons (Fsp3) is 0.533. The second-order valence-corrected chi connectivity index (χ2v) is 10.5. The Morgan fingerprint density at radius 3 is 2.58 bits per heavy atom. The summed E-state index contributed by atoms with van der Waals surface area (Å²) in [4.78, 5) is 26.1. The van der Waals surface area contributed by atoms with Gasteiger partial charge in [0.05, 0.1) is 18.1 Å². The number of carbonyl (C=O) groups is 2. The van der Waals surface area contributed by atoms with Gasteiger partial charge in [-0.25, -0.2) is 4.79 Å². The summed E-state index contributed by atoms with van der Waals surface area (Å²) in [5, 5.41) is 25.0. The van der Waals surface area contributed by atoms with Crippen molar-refractivity contribution in [3.63, 3.8) is 0 Å². The van der Waals surface area contributed by atoms with Crippen LogP contribution in [0.4, 0.5) is 0 Å². The first-order valence-electron chi connectivity index (χ1n) is 13.0. The molecule has 36 heavy (non-hydrogen) atoms. The Morgan fingerprint density at radius 2 is 1.92 bits per heavy atom. The van der Waals surface area contributed by atoms with Crippen molar-refractivity contribution in [2.24, 2.45) is 23.7 Å². The fourth-order valence-corrected chi connectivity index (χ4v) is 5.85.